The number of hydrogen-bond acceptors (Lipinski definition) is 9. The molecule has 2 aliphatic rings. The number of imidazole rings is 1. The molecule has 0 unspecified atom stereocenters. The van der Waals surface area contributed by atoms with Crippen molar-refractivity contribution < 1.29 is 14.5 Å². The first-order valence-electron chi connectivity index (χ1n) is 11.4. The Morgan fingerprint density at radius 3 is 2.79 bits per heavy atom. The summed E-state index contributed by atoms with van der Waals surface area (Å²) in [4.78, 5) is 41.3. The molecule has 2 fully saturated rings. The molecule has 2 aromatic heterocycles. The summed E-state index contributed by atoms with van der Waals surface area (Å²) in [6.45, 7) is 5.68. The van der Waals surface area contributed by atoms with Crippen LogP contribution in [0.25, 0.3) is 11.2 Å². The van der Waals surface area contributed by atoms with E-state index in [1.807, 2.05) is 21.3 Å². The van der Waals surface area contributed by atoms with Crippen molar-refractivity contribution in [3.8, 4) is 0 Å². The van der Waals surface area contributed by atoms with Gasteiger partial charge in [0.15, 0.2) is 17.0 Å². The summed E-state index contributed by atoms with van der Waals surface area (Å²) < 4.78 is 7.48. The summed E-state index contributed by atoms with van der Waals surface area (Å²) in [5.74, 6) is 1.07. The topological polar surface area (TPSA) is 132 Å². The van der Waals surface area contributed by atoms with Gasteiger partial charge < -0.3 is 24.4 Å². The first kappa shape index (κ1) is 22.0. The highest BCUT2D eigenvalue weighted by molar-refractivity contribution is 5.87. The number of aromatic nitrogens is 4. The van der Waals surface area contributed by atoms with Gasteiger partial charge in [-0.3, -0.25) is 14.9 Å². The number of amides is 1. The van der Waals surface area contributed by atoms with Crippen molar-refractivity contribution >= 4 is 40.2 Å². The SMILES string of the molecule is CCn1cnc2c(Nc3cccc([N+](=O)[O-])c3)nc(N3CCN(C(=O)[C@H]4CCCO4)CC3)nc21. The molecule has 0 radical (unpaired) electrons. The molecule has 3 aromatic rings. The molecule has 12 heteroatoms. The van der Waals surface area contributed by atoms with Crippen LogP contribution in [0.15, 0.2) is 30.6 Å². The third-order valence-corrected chi connectivity index (χ3v) is 6.19. The van der Waals surface area contributed by atoms with Gasteiger partial charge >= 0.3 is 0 Å². The van der Waals surface area contributed by atoms with Gasteiger partial charge in [0.25, 0.3) is 11.6 Å². The highest BCUT2D eigenvalue weighted by Gasteiger charge is 2.31. The van der Waals surface area contributed by atoms with Crippen molar-refractivity contribution in [3.05, 3.63) is 40.7 Å². The lowest BCUT2D eigenvalue weighted by molar-refractivity contribution is -0.384. The maximum absolute atomic E-state index is 12.7. The van der Waals surface area contributed by atoms with Crippen LogP contribution in [0.2, 0.25) is 0 Å². The minimum absolute atomic E-state index is 0.0124. The van der Waals surface area contributed by atoms with E-state index in [2.05, 4.69) is 10.3 Å². The number of rotatable bonds is 6. The number of benzene rings is 1. The fraction of sp³-hybridized carbons (Fsp3) is 0.455. The van der Waals surface area contributed by atoms with E-state index in [4.69, 9.17) is 14.7 Å². The van der Waals surface area contributed by atoms with E-state index in [1.54, 1.807) is 18.5 Å². The van der Waals surface area contributed by atoms with Crippen LogP contribution in [-0.2, 0) is 16.1 Å². The number of ether oxygens (including phenoxy) is 1. The maximum atomic E-state index is 12.7. The predicted octanol–water partition coefficient (Wildman–Crippen LogP) is 2.33. The second kappa shape index (κ2) is 9.21. The number of carbonyl (C=O) groups is 1. The molecule has 0 spiro atoms. The first-order valence-corrected chi connectivity index (χ1v) is 11.4. The van der Waals surface area contributed by atoms with Crippen molar-refractivity contribution in [3.63, 3.8) is 0 Å². The van der Waals surface area contributed by atoms with Gasteiger partial charge in [-0.1, -0.05) is 6.07 Å². The normalized spacial score (nSPS) is 18.4. The minimum atomic E-state index is -0.435. The quantitative estimate of drug-likeness (QED) is 0.429. The molecule has 0 aliphatic carbocycles. The summed E-state index contributed by atoms with van der Waals surface area (Å²) in [7, 11) is 0. The van der Waals surface area contributed by atoms with Crippen molar-refractivity contribution in [2.75, 3.05) is 43.0 Å². The number of nitrogens with zero attached hydrogens (tertiary/aromatic N) is 7. The number of hydrogen-bond donors (Lipinski definition) is 1. The van der Waals surface area contributed by atoms with E-state index in [0.29, 0.717) is 67.9 Å². The van der Waals surface area contributed by atoms with Crippen LogP contribution in [0.5, 0.6) is 0 Å². The number of nitro benzene ring substituents is 1. The molecule has 5 rings (SSSR count). The van der Waals surface area contributed by atoms with Gasteiger partial charge in [0.2, 0.25) is 5.95 Å². The number of piperazine rings is 1. The van der Waals surface area contributed by atoms with E-state index in [-0.39, 0.29) is 17.7 Å². The smallest absolute Gasteiger partial charge is 0.271 e. The molecule has 34 heavy (non-hydrogen) atoms. The highest BCUT2D eigenvalue weighted by atomic mass is 16.6. The van der Waals surface area contributed by atoms with Crippen LogP contribution < -0.4 is 10.2 Å². The average molecular weight is 467 g/mol. The Balaban J connectivity index is 1.40. The third kappa shape index (κ3) is 4.23. The minimum Gasteiger partial charge on any atom is -0.368 e. The van der Waals surface area contributed by atoms with Crippen molar-refractivity contribution in [2.24, 2.45) is 0 Å². The van der Waals surface area contributed by atoms with Gasteiger partial charge in [-0.2, -0.15) is 9.97 Å². The van der Waals surface area contributed by atoms with Crippen molar-refractivity contribution in [1.82, 2.24) is 24.4 Å². The molecule has 0 bridgehead atoms. The first-order chi connectivity index (χ1) is 16.5. The van der Waals surface area contributed by atoms with Crippen LogP contribution in [0.4, 0.5) is 23.1 Å². The van der Waals surface area contributed by atoms with Crippen LogP contribution >= 0.6 is 0 Å². The number of nitro groups is 1. The Morgan fingerprint density at radius 2 is 2.09 bits per heavy atom. The number of carbonyl (C=O) groups excluding carboxylic acids is 1. The van der Waals surface area contributed by atoms with Gasteiger partial charge in [0.1, 0.15) is 6.10 Å². The number of aryl methyl sites for hydroxylation is 1. The standard InChI is InChI=1S/C22H26N8O4/c1-2-27-14-23-18-19(24-15-5-3-6-16(13-15)30(32)33)25-22(26-20(18)27)29-10-8-28(9-11-29)21(31)17-7-4-12-34-17/h3,5-6,13-14,17H,2,4,7-12H2,1H3,(H,24,25,26)/t17-/m1/s1. The molecule has 1 atom stereocenters. The fourth-order valence-electron chi connectivity index (χ4n) is 4.33. The zero-order valence-electron chi connectivity index (χ0n) is 18.9. The summed E-state index contributed by atoms with van der Waals surface area (Å²) in [5, 5.41) is 14.4. The van der Waals surface area contributed by atoms with E-state index in [9.17, 15) is 14.9 Å². The third-order valence-electron chi connectivity index (χ3n) is 6.19. The van der Waals surface area contributed by atoms with Gasteiger partial charge in [-0.15, -0.1) is 0 Å². The van der Waals surface area contributed by atoms with Gasteiger partial charge in [-0.05, 0) is 25.8 Å². The average Bonchev–Trinajstić information content (AvgIpc) is 3.54. The molecule has 178 valence electrons. The summed E-state index contributed by atoms with van der Waals surface area (Å²) in [6.07, 6.45) is 3.10. The summed E-state index contributed by atoms with van der Waals surface area (Å²) >= 11 is 0. The Bertz CT molecular complexity index is 1210. The molecule has 4 heterocycles. The maximum Gasteiger partial charge on any atom is 0.271 e. The zero-order chi connectivity index (χ0) is 23.7. The Kier molecular flexibility index (Phi) is 5.97. The second-order valence-electron chi connectivity index (χ2n) is 8.32. The Labute approximate surface area is 195 Å². The molecule has 12 nitrogen and oxygen atoms in total. The fourth-order valence-corrected chi connectivity index (χ4v) is 4.33. The number of nitrogens with one attached hydrogen (secondary N) is 1. The van der Waals surface area contributed by atoms with E-state index in [0.717, 1.165) is 12.8 Å². The molecule has 2 aliphatic heterocycles. The lowest BCUT2D eigenvalue weighted by Gasteiger charge is -2.35. The summed E-state index contributed by atoms with van der Waals surface area (Å²) in [5.41, 5.74) is 1.79. The van der Waals surface area contributed by atoms with Crippen LogP contribution in [-0.4, -0.2) is 74.1 Å². The van der Waals surface area contributed by atoms with E-state index >= 15 is 0 Å². The van der Waals surface area contributed by atoms with Gasteiger partial charge in [0.05, 0.1) is 11.3 Å². The van der Waals surface area contributed by atoms with Crippen molar-refractivity contribution in [1.29, 1.82) is 0 Å². The lowest BCUT2D eigenvalue weighted by Crippen LogP contribution is -2.51. The molecular weight excluding hydrogens is 440 g/mol. The van der Waals surface area contributed by atoms with Gasteiger partial charge in [0, 0.05) is 57.2 Å². The summed E-state index contributed by atoms with van der Waals surface area (Å²) in [6, 6.07) is 6.26. The largest absolute Gasteiger partial charge is 0.368 e. The van der Waals surface area contributed by atoms with Crippen LogP contribution in [0.1, 0.15) is 19.8 Å². The highest BCUT2D eigenvalue weighted by Crippen LogP contribution is 2.28. The van der Waals surface area contributed by atoms with Crippen molar-refractivity contribution in [2.45, 2.75) is 32.4 Å². The molecule has 2 saturated heterocycles. The van der Waals surface area contributed by atoms with Gasteiger partial charge in [-0.25, -0.2) is 4.98 Å². The monoisotopic (exact) mass is 466 g/mol. The predicted molar refractivity (Wildman–Crippen MR) is 125 cm³/mol. The second-order valence-corrected chi connectivity index (χ2v) is 8.32. The number of fused-ring (bicyclic) bond motifs is 1. The molecule has 0 saturated carbocycles. The Morgan fingerprint density at radius 1 is 1.26 bits per heavy atom. The zero-order valence-corrected chi connectivity index (χ0v) is 18.9. The number of non-ortho nitro benzene ring substituents is 1. The van der Waals surface area contributed by atoms with Crippen LogP contribution in [0.3, 0.4) is 0 Å². The Hall–Kier alpha value is -3.80. The molecule has 1 amide bonds. The van der Waals surface area contributed by atoms with E-state index in [1.165, 1.54) is 12.1 Å². The van der Waals surface area contributed by atoms with Crippen LogP contribution in [0, 0.1) is 10.1 Å². The molecule has 1 aromatic carbocycles. The number of anilines is 3. The molecule has 1 N–H and O–H groups in total. The van der Waals surface area contributed by atoms with E-state index < -0.39 is 4.92 Å². The lowest BCUT2D eigenvalue weighted by atomic mass is 10.2. The molecular formula is C22H26N8O4.